The molecule has 7 rings (SSSR count). The zero-order chi connectivity index (χ0) is 35.9. The number of rotatable bonds is 8. The van der Waals surface area contributed by atoms with Crippen molar-refractivity contribution in [2.45, 2.75) is 52.2 Å². The molecule has 4 heterocycles. The second-order valence-corrected chi connectivity index (χ2v) is 14.6. The maximum Gasteiger partial charge on any atom is 0.410 e. The van der Waals surface area contributed by atoms with Crippen LogP contribution in [0.2, 0.25) is 0 Å². The summed E-state index contributed by atoms with van der Waals surface area (Å²) in [5.41, 5.74) is 5.03. The van der Waals surface area contributed by atoms with Gasteiger partial charge in [0.25, 0.3) is 5.91 Å². The summed E-state index contributed by atoms with van der Waals surface area (Å²) in [6.07, 6.45) is 6.19. The number of carbonyl (C=O) groups is 2. The van der Waals surface area contributed by atoms with Crippen LogP contribution in [-0.4, -0.2) is 90.4 Å². The van der Waals surface area contributed by atoms with Crippen LogP contribution in [0, 0.1) is 11.7 Å². The lowest BCUT2D eigenvalue weighted by atomic mass is 9.98. The first-order valence-electron chi connectivity index (χ1n) is 17.7. The molecule has 268 valence electrons. The minimum absolute atomic E-state index is 0.0591. The molecule has 2 aromatic carbocycles. The van der Waals surface area contributed by atoms with Crippen molar-refractivity contribution < 1.29 is 28.2 Å². The standard InChI is InChI=1S/C40H46FN5O5/c1-40(2,3)51-39(48)45-14-8-9-27(25-45)33-21-28-19-29(38(47)44-17-15-43(16-18-44)37-35(50-5)22-30(41)23-42-37)20-32(31-10-6-7-11-34(31)49-4)36(28)46(33)24-26-12-13-26/h6-7,9-11,19-23,26H,8,12-18,24-25H2,1-5H3. The quantitative estimate of drug-likeness (QED) is 0.192. The van der Waals surface area contributed by atoms with Crippen molar-refractivity contribution in [2.75, 3.05) is 58.4 Å². The summed E-state index contributed by atoms with van der Waals surface area (Å²) < 4.78 is 33.2. The number of benzene rings is 2. The van der Waals surface area contributed by atoms with E-state index in [4.69, 9.17) is 14.2 Å². The summed E-state index contributed by atoms with van der Waals surface area (Å²) in [6.45, 7) is 9.58. The molecule has 1 saturated heterocycles. The average Bonchev–Trinajstić information content (AvgIpc) is 3.88. The van der Waals surface area contributed by atoms with E-state index in [0.717, 1.165) is 52.0 Å². The van der Waals surface area contributed by atoms with Crippen molar-refractivity contribution in [1.29, 1.82) is 0 Å². The highest BCUT2D eigenvalue weighted by atomic mass is 19.1. The fourth-order valence-corrected chi connectivity index (χ4v) is 7.14. The predicted molar refractivity (Wildman–Crippen MR) is 196 cm³/mol. The predicted octanol–water partition coefficient (Wildman–Crippen LogP) is 7.26. The van der Waals surface area contributed by atoms with E-state index in [1.807, 2.05) is 67.0 Å². The Labute approximate surface area is 298 Å². The van der Waals surface area contributed by atoms with Crippen LogP contribution in [0.3, 0.4) is 0 Å². The van der Waals surface area contributed by atoms with E-state index in [2.05, 4.69) is 21.7 Å². The number of ether oxygens (including phenoxy) is 3. The van der Waals surface area contributed by atoms with E-state index >= 15 is 0 Å². The van der Waals surface area contributed by atoms with Crippen LogP contribution >= 0.6 is 0 Å². The Morgan fingerprint density at radius 2 is 1.65 bits per heavy atom. The number of amides is 2. The molecule has 1 saturated carbocycles. The van der Waals surface area contributed by atoms with Crippen LogP contribution in [0.5, 0.6) is 11.5 Å². The summed E-state index contributed by atoms with van der Waals surface area (Å²) >= 11 is 0. The van der Waals surface area contributed by atoms with E-state index in [1.54, 1.807) is 12.0 Å². The highest BCUT2D eigenvalue weighted by molar-refractivity contribution is 6.05. The first-order chi connectivity index (χ1) is 24.5. The highest BCUT2D eigenvalue weighted by Crippen LogP contribution is 2.42. The Kier molecular flexibility index (Phi) is 9.39. The Balaban J connectivity index is 1.26. The fourth-order valence-electron chi connectivity index (χ4n) is 7.14. The molecule has 4 aromatic rings. The molecule has 2 aliphatic heterocycles. The number of hydrogen-bond acceptors (Lipinski definition) is 7. The van der Waals surface area contributed by atoms with Gasteiger partial charge in [-0.25, -0.2) is 14.2 Å². The van der Waals surface area contributed by atoms with E-state index in [9.17, 15) is 14.0 Å². The van der Waals surface area contributed by atoms with Crippen LogP contribution in [0.15, 0.2) is 60.8 Å². The van der Waals surface area contributed by atoms with E-state index in [1.165, 1.54) is 32.2 Å². The summed E-state index contributed by atoms with van der Waals surface area (Å²) in [7, 11) is 3.17. The lowest BCUT2D eigenvalue weighted by Crippen LogP contribution is -2.49. The molecule has 10 nitrogen and oxygen atoms in total. The molecule has 2 amide bonds. The lowest BCUT2D eigenvalue weighted by molar-refractivity contribution is 0.0272. The van der Waals surface area contributed by atoms with E-state index in [0.29, 0.717) is 62.3 Å². The number of hydrogen-bond donors (Lipinski definition) is 0. The van der Waals surface area contributed by atoms with Gasteiger partial charge in [-0.3, -0.25) is 4.79 Å². The second kappa shape index (κ2) is 13.9. The number of para-hydroxylation sites is 1. The normalized spacial score (nSPS) is 16.7. The lowest BCUT2D eigenvalue weighted by Gasteiger charge is -2.36. The molecule has 0 N–H and O–H groups in total. The first kappa shape index (κ1) is 34.4. The van der Waals surface area contributed by atoms with Gasteiger partial charge in [0.05, 0.1) is 32.5 Å². The van der Waals surface area contributed by atoms with Gasteiger partial charge in [-0.05, 0) is 75.8 Å². The van der Waals surface area contributed by atoms with Gasteiger partial charge >= 0.3 is 6.09 Å². The maximum atomic E-state index is 14.3. The number of anilines is 1. The molecular formula is C40H46FN5O5. The van der Waals surface area contributed by atoms with Crippen molar-refractivity contribution >= 4 is 34.3 Å². The third-order valence-corrected chi connectivity index (χ3v) is 9.79. The second-order valence-electron chi connectivity index (χ2n) is 14.6. The molecule has 0 spiro atoms. The van der Waals surface area contributed by atoms with Gasteiger partial charge in [0.1, 0.15) is 17.2 Å². The highest BCUT2D eigenvalue weighted by Gasteiger charge is 2.31. The Morgan fingerprint density at radius 1 is 0.902 bits per heavy atom. The zero-order valence-corrected chi connectivity index (χ0v) is 30.1. The van der Waals surface area contributed by atoms with Crippen molar-refractivity contribution in [3.8, 4) is 22.6 Å². The molecule has 51 heavy (non-hydrogen) atoms. The summed E-state index contributed by atoms with van der Waals surface area (Å²) in [5, 5.41) is 0.964. The van der Waals surface area contributed by atoms with Crippen LogP contribution in [0.25, 0.3) is 27.6 Å². The molecule has 0 unspecified atom stereocenters. The molecule has 2 aromatic heterocycles. The van der Waals surface area contributed by atoms with Gasteiger partial charge in [-0.15, -0.1) is 0 Å². The van der Waals surface area contributed by atoms with E-state index in [-0.39, 0.29) is 12.0 Å². The summed E-state index contributed by atoms with van der Waals surface area (Å²) in [4.78, 5) is 37.4. The van der Waals surface area contributed by atoms with Crippen LogP contribution in [0.1, 0.15) is 56.1 Å². The number of methoxy groups -OCH3 is 2. The third-order valence-electron chi connectivity index (χ3n) is 9.79. The van der Waals surface area contributed by atoms with Crippen molar-refractivity contribution in [3.63, 3.8) is 0 Å². The van der Waals surface area contributed by atoms with Gasteiger partial charge < -0.3 is 33.5 Å². The van der Waals surface area contributed by atoms with Gasteiger partial charge in [0, 0.05) is 73.1 Å². The number of nitrogens with zero attached hydrogens (tertiary/aromatic N) is 5. The van der Waals surface area contributed by atoms with E-state index < -0.39 is 11.4 Å². The molecular weight excluding hydrogens is 649 g/mol. The SMILES string of the molecule is COc1ccccc1-c1cc(C(=O)N2CCN(c3ncc(F)cc3OC)CC2)cc2cc(C3=CCCN(C(=O)OC(C)(C)C)C3)n(CC3CC3)c12. The van der Waals surface area contributed by atoms with Gasteiger partial charge in [-0.2, -0.15) is 0 Å². The van der Waals surface area contributed by atoms with Crippen LogP contribution in [-0.2, 0) is 11.3 Å². The number of pyridine rings is 1. The average molecular weight is 696 g/mol. The number of carbonyl (C=O) groups excluding carboxylic acids is 2. The Morgan fingerprint density at radius 3 is 2.35 bits per heavy atom. The zero-order valence-electron chi connectivity index (χ0n) is 30.1. The molecule has 2 fully saturated rings. The number of halogens is 1. The largest absolute Gasteiger partial charge is 0.496 e. The Bertz CT molecular complexity index is 1990. The molecule has 0 atom stereocenters. The van der Waals surface area contributed by atoms with Crippen LogP contribution < -0.4 is 14.4 Å². The molecule has 1 aliphatic carbocycles. The summed E-state index contributed by atoms with van der Waals surface area (Å²) in [6, 6.07) is 15.5. The van der Waals surface area contributed by atoms with Crippen molar-refractivity contribution in [2.24, 2.45) is 5.92 Å². The third kappa shape index (κ3) is 7.25. The molecule has 11 heteroatoms. The maximum absolute atomic E-state index is 14.3. The van der Waals surface area contributed by atoms with Crippen LogP contribution in [0.4, 0.5) is 15.0 Å². The number of fused-ring (bicyclic) bond motifs is 1. The summed E-state index contributed by atoms with van der Waals surface area (Å²) in [5.74, 6) is 1.72. The minimum Gasteiger partial charge on any atom is -0.496 e. The molecule has 3 aliphatic rings. The fraction of sp³-hybridized carbons (Fsp3) is 0.425. The van der Waals surface area contributed by atoms with Gasteiger partial charge in [-0.1, -0.05) is 24.3 Å². The molecule has 0 bridgehead atoms. The topological polar surface area (TPSA) is 89.4 Å². The Hall–Kier alpha value is -5.06. The first-order valence-corrected chi connectivity index (χ1v) is 17.7. The number of piperazine rings is 1. The van der Waals surface area contributed by atoms with Gasteiger partial charge in [0.15, 0.2) is 11.6 Å². The van der Waals surface area contributed by atoms with Crippen molar-refractivity contribution in [1.82, 2.24) is 19.4 Å². The minimum atomic E-state index is -0.580. The smallest absolute Gasteiger partial charge is 0.410 e. The van der Waals surface area contributed by atoms with Gasteiger partial charge in [0.2, 0.25) is 0 Å². The molecule has 0 radical (unpaired) electrons. The monoisotopic (exact) mass is 695 g/mol. The van der Waals surface area contributed by atoms with Crippen molar-refractivity contribution in [3.05, 3.63) is 77.9 Å². The number of aromatic nitrogens is 2.